The number of nitro benzene ring substituents is 1. The minimum absolute atomic E-state index is 0.0400. The summed E-state index contributed by atoms with van der Waals surface area (Å²) in [5.74, 6) is 0.618. The van der Waals surface area contributed by atoms with Gasteiger partial charge < -0.3 is 4.74 Å². The maximum absolute atomic E-state index is 10.6. The number of aromatic nitrogens is 1. The Balaban J connectivity index is 2.12. The minimum Gasteiger partial charge on any atom is -0.486 e. The number of benzene rings is 1. The van der Waals surface area contributed by atoms with Crippen LogP contribution in [-0.4, -0.2) is 9.91 Å². The molecule has 2 rings (SSSR count). The Hall–Kier alpha value is -1.47. The maximum atomic E-state index is 10.6. The van der Waals surface area contributed by atoms with Crippen LogP contribution in [0.2, 0.25) is 0 Å². The summed E-state index contributed by atoms with van der Waals surface area (Å²) < 4.78 is 6.85. The molecule has 0 atom stereocenters. The van der Waals surface area contributed by atoms with Crippen LogP contribution >= 0.6 is 31.9 Å². The van der Waals surface area contributed by atoms with Crippen LogP contribution in [0.3, 0.4) is 0 Å². The highest BCUT2D eigenvalue weighted by Crippen LogP contribution is 2.26. The van der Waals surface area contributed by atoms with Crippen molar-refractivity contribution in [3.8, 4) is 5.75 Å². The van der Waals surface area contributed by atoms with Gasteiger partial charge in [0.1, 0.15) is 11.2 Å². The molecule has 0 fully saturated rings. The fraction of sp³-hybridized carbons (Fsp3) is 0.0833. The van der Waals surface area contributed by atoms with E-state index in [1.807, 2.05) is 0 Å². The Morgan fingerprint density at radius 1 is 1.32 bits per heavy atom. The Bertz CT molecular complexity index is 620. The molecular weight excluding hydrogens is 380 g/mol. The number of rotatable bonds is 4. The molecule has 1 aromatic heterocycles. The van der Waals surface area contributed by atoms with Crippen LogP contribution in [0.4, 0.5) is 5.69 Å². The van der Waals surface area contributed by atoms with Crippen molar-refractivity contribution < 1.29 is 9.66 Å². The summed E-state index contributed by atoms with van der Waals surface area (Å²) in [6, 6.07) is 8.12. The van der Waals surface area contributed by atoms with E-state index in [2.05, 4.69) is 36.8 Å². The van der Waals surface area contributed by atoms with Crippen molar-refractivity contribution in [3.05, 3.63) is 61.3 Å². The molecule has 0 bridgehead atoms. The smallest absolute Gasteiger partial charge is 0.270 e. The predicted molar refractivity (Wildman–Crippen MR) is 77.1 cm³/mol. The highest BCUT2D eigenvalue weighted by Gasteiger charge is 2.10. The molecule has 1 aromatic carbocycles. The predicted octanol–water partition coefficient (Wildman–Crippen LogP) is 4.09. The first-order valence-electron chi connectivity index (χ1n) is 5.24. The van der Waals surface area contributed by atoms with Gasteiger partial charge in [-0.2, -0.15) is 0 Å². The molecule has 1 heterocycles. The number of halogens is 2. The lowest BCUT2D eigenvalue weighted by Crippen LogP contribution is -1.98. The zero-order chi connectivity index (χ0) is 13.8. The maximum Gasteiger partial charge on any atom is 0.270 e. The monoisotopic (exact) mass is 386 g/mol. The fourth-order valence-corrected chi connectivity index (χ4v) is 2.25. The van der Waals surface area contributed by atoms with Gasteiger partial charge in [-0.05, 0) is 34.1 Å². The molecule has 0 amide bonds. The highest BCUT2D eigenvalue weighted by atomic mass is 79.9. The normalized spacial score (nSPS) is 10.2. The second-order valence-corrected chi connectivity index (χ2v) is 5.22. The summed E-state index contributed by atoms with van der Waals surface area (Å²) in [6.45, 7) is 0.295. The molecule has 19 heavy (non-hydrogen) atoms. The molecule has 0 spiro atoms. The average molecular weight is 388 g/mol. The van der Waals surface area contributed by atoms with E-state index in [0.717, 1.165) is 5.56 Å². The highest BCUT2D eigenvalue weighted by molar-refractivity contribution is 9.10. The number of ether oxygens (including phenoxy) is 1. The average Bonchev–Trinajstić information content (AvgIpc) is 2.39. The van der Waals surface area contributed by atoms with E-state index in [1.165, 1.54) is 12.1 Å². The molecule has 0 saturated carbocycles. The van der Waals surface area contributed by atoms with Crippen molar-refractivity contribution in [3.63, 3.8) is 0 Å². The van der Waals surface area contributed by atoms with Crippen LogP contribution in [0.15, 0.2) is 45.6 Å². The topological polar surface area (TPSA) is 65.3 Å². The summed E-state index contributed by atoms with van der Waals surface area (Å²) in [5.41, 5.74) is 0.861. The van der Waals surface area contributed by atoms with Crippen molar-refractivity contribution in [1.29, 1.82) is 0 Å². The standard InChI is InChI=1S/C12H8Br2N2O3/c13-10-6-9(16(17)18)4-3-8(10)7-19-11-2-1-5-15-12(11)14/h1-6H,7H2. The molecule has 0 radical (unpaired) electrons. The minimum atomic E-state index is -0.437. The first-order chi connectivity index (χ1) is 9.08. The number of non-ortho nitro benzene ring substituents is 1. The van der Waals surface area contributed by atoms with E-state index < -0.39 is 4.92 Å². The lowest BCUT2D eigenvalue weighted by Gasteiger charge is -2.08. The van der Waals surface area contributed by atoms with Crippen LogP contribution in [0.5, 0.6) is 5.75 Å². The van der Waals surface area contributed by atoms with Gasteiger partial charge in [-0.15, -0.1) is 0 Å². The molecule has 0 aliphatic heterocycles. The summed E-state index contributed by atoms with van der Waals surface area (Å²) in [6.07, 6.45) is 1.65. The largest absolute Gasteiger partial charge is 0.486 e. The van der Waals surface area contributed by atoms with Crippen molar-refractivity contribution in [2.45, 2.75) is 6.61 Å². The lowest BCUT2D eigenvalue weighted by molar-refractivity contribution is -0.384. The fourth-order valence-electron chi connectivity index (χ4n) is 1.40. The number of hydrogen-bond acceptors (Lipinski definition) is 4. The number of nitrogens with zero attached hydrogens (tertiary/aromatic N) is 2. The number of hydrogen-bond donors (Lipinski definition) is 0. The molecule has 7 heteroatoms. The van der Waals surface area contributed by atoms with Gasteiger partial charge in [0.15, 0.2) is 5.75 Å². The SMILES string of the molecule is O=[N+]([O-])c1ccc(COc2cccnc2Br)c(Br)c1. The molecule has 2 aromatic rings. The van der Waals surface area contributed by atoms with Gasteiger partial charge in [-0.1, -0.05) is 15.9 Å². The van der Waals surface area contributed by atoms with Crippen molar-refractivity contribution in [2.24, 2.45) is 0 Å². The van der Waals surface area contributed by atoms with Gasteiger partial charge in [-0.3, -0.25) is 10.1 Å². The van der Waals surface area contributed by atoms with Gasteiger partial charge in [0.05, 0.1) is 4.92 Å². The van der Waals surface area contributed by atoms with E-state index in [0.29, 0.717) is 21.4 Å². The first-order valence-corrected chi connectivity index (χ1v) is 6.82. The summed E-state index contributed by atoms with van der Waals surface area (Å²) in [5, 5.41) is 10.6. The first kappa shape index (κ1) is 14.0. The molecule has 0 unspecified atom stereocenters. The molecule has 0 saturated heterocycles. The van der Waals surface area contributed by atoms with Gasteiger partial charge in [0, 0.05) is 28.4 Å². The zero-order valence-corrected chi connectivity index (χ0v) is 12.7. The molecule has 0 aliphatic rings. The summed E-state index contributed by atoms with van der Waals surface area (Å²) >= 11 is 6.58. The van der Waals surface area contributed by atoms with Gasteiger partial charge in [0.25, 0.3) is 5.69 Å². The van der Waals surface area contributed by atoms with Crippen LogP contribution in [-0.2, 0) is 6.61 Å². The van der Waals surface area contributed by atoms with E-state index in [9.17, 15) is 10.1 Å². The lowest BCUT2D eigenvalue weighted by atomic mass is 10.2. The second kappa shape index (κ2) is 6.12. The second-order valence-electron chi connectivity index (χ2n) is 3.61. The Morgan fingerprint density at radius 2 is 2.11 bits per heavy atom. The Morgan fingerprint density at radius 3 is 2.74 bits per heavy atom. The van der Waals surface area contributed by atoms with E-state index in [1.54, 1.807) is 24.4 Å². The Labute approximate surface area is 126 Å². The summed E-state index contributed by atoms with van der Waals surface area (Å²) in [4.78, 5) is 14.2. The van der Waals surface area contributed by atoms with Gasteiger partial charge >= 0.3 is 0 Å². The third-order valence-corrected chi connectivity index (χ3v) is 3.69. The quantitative estimate of drug-likeness (QED) is 0.450. The number of nitro groups is 1. The van der Waals surface area contributed by atoms with E-state index in [4.69, 9.17) is 4.74 Å². The number of pyridine rings is 1. The van der Waals surface area contributed by atoms with Crippen LogP contribution < -0.4 is 4.74 Å². The van der Waals surface area contributed by atoms with E-state index >= 15 is 0 Å². The molecule has 0 N–H and O–H groups in total. The van der Waals surface area contributed by atoms with Crippen LogP contribution in [0.1, 0.15) is 5.56 Å². The van der Waals surface area contributed by atoms with Crippen LogP contribution in [0, 0.1) is 10.1 Å². The third-order valence-electron chi connectivity index (χ3n) is 2.36. The van der Waals surface area contributed by atoms with Crippen molar-refractivity contribution in [1.82, 2.24) is 4.98 Å². The van der Waals surface area contributed by atoms with Crippen molar-refractivity contribution >= 4 is 37.5 Å². The molecule has 98 valence electrons. The summed E-state index contributed by atoms with van der Waals surface area (Å²) in [7, 11) is 0. The van der Waals surface area contributed by atoms with Crippen molar-refractivity contribution in [2.75, 3.05) is 0 Å². The van der Waals surface area contributed by atoms with Gasteiger partial charge in [0.2, 0.25) is 0 Å². The third kappa shape index (κ3) is 3.51. The van der Waals surface area contributed by atoms with E-state index in [-0.39, 0.29) is 5.69 Å². The molecule has 5 nitrogen and oxygen atoms in total. The van der Waals surface area contributed by atoms with Crippen LogP contribution in [0.25, 0.3) is 0 Å². The van der Waals surface area contributed by atoms with Gasteiger partial charge in [-0.25, -0.2) is 4.98 Å². The molecular formula is C12H8Br2N2O3. The Kier molecular flexibility index (Phi) is 4.49. The zero-order valence-electron chi connectivity index (χ0n) is 9.55. The molecule has 0 aliphatic carbocycles.